The first-order valence-corrected chi connectivity index (χ1v) is 13.7. The highest BCUT2D eigenvalue weighted by Gasteiger charge is 2.26. The number of pyridine rings is 1. The molecule has 5 rings (SSSR count). The monoisotopic (exact) mass is 503 g/mol. The molecule has 3 aromatic heterocycles. The SMILES string of the molecule is Cc1ccc(-c2cnc(-c3cccc(-c4cnn(C)c4)c3)nc2NC2CCN(S(C)(=O)=O)CC2)cn1. The first kappa shape index (κ1) is 24.1. The molecule has 0 atom stereocenters. The second-order valence-corrected chi connectivity index (χ2v) is 11.2. The van der Waals surface area contributed by atoms with Crippen molar-refractivity contribution in [3.8, 4) is 33.6 Å². The van der Waals surface area contributed by atoms with Crippen molar-refractivity contribution in [1.82, 2.24) is 29.0 Å². The Bertz CT molecular complexity index is 1470. The number of aromatic nitrogens is 5. The van der Waals surface area contributed by atoms with Gasteiger partial charge in [0.05, 0.1) is 12.5 Å². The summed E-state index contributed by atoms with van der Waals surface area (Å²) in [7, 11) is -1.28. The summed E-state index contributed by atoms with van der Waals surface area (Å²) in [5, 5.41) is 7.86. The summed E-state index contributed by atoms with van der Waals surface area (Å²) in [6, 6.07) is 12.2. The zero-order chi connectivity index (χ0) is 25.3. The third-order valence-electron chi connectivity index (χ3n) is 6.43. The van der Waals surface area contributed by atoms with Crippen LogP contribution in [-0.4, -0.2) is 62.8 Å². The maximum Gasteiger partial charge on any atom is 0.211 e. The fraction of sp³-hybridized carbons (Fsp3) is 0.308. The van der Waals surface area contributed by atoms with Gasteiger partial charge in [-0.2, -0.15) is 5.10 Å². The number of piperidine rings is 1. The molecule has 0 bridgehead atoms. The summed E-state index contributed by atoms with van der Waals surface area (Å²) in [4.78, 5) is 14.1. The predicted octanol–water partition coefficient (Wildman–Crippen LogP) is 3.75. The normalized spacial score (nSPS) is 15.2. The molecule has 1 aromatic carbocycles. The van der Waals surface area contributed by atoms with Gasteiger partial charge in [-0.15, -0.1) is 0 Å². The van der Waals surface area contributed by atoms with E-state index in [9.17, 15) is 8.42 Å². The number of benzene rings is 1. The molecule has 4 aromatic rings. The first-order chi connectivity index (χ1) is 17.3. The van der Waals surface area contributed by atoms with E-state index in [4.69, 9.17) is 9.97 Å². The van der Waals surface area contributed by atoms with Crippen LogP contribution in [0.2, 0.25) is 0 Å². The Balaban J connectivity index is 1.48. The summed E-state index contributed by atoms with van der Waals surface area (Å²) >= 11 is 0. The molecule has 0 radical (unpaired) electrons. The van der Waals surface area contributed by atoms with Gasteiger partial charge in [-0.1, -0.05) is 24.3 Å². The fourth-order valence-electron chi connectivity index (χ4n) is 4.40. The average Bonchev–Trinajstić information content (AvgIpc) is 3.31. The summed E-state index contributed by atoms with van der Waals surface area (Å²) in [6.45, 7) is 2.93. The second-order valence-electron chi connectivity index (χ2n) is 9.21. The lowest BCUT2D eigenvalue weighted by molar-refractivity contribution is 0.331. The van der Waals surface area contributed by atoms with Crippen molar-refractivity contribution < 1.29 is 8.42 Å². The molecule has 0 aliphatic carbocycles. The number of anilines is 1. The summed E-state index contributed by atoms with van der Waals surface area (Å²) in [6.07, 6.45) is 10.1. The van der Waals surface area contributed by atoms with E-state index >= 15 is 0 Å². The fourth-order valence-corrected chi connectivity index (χ4v) is 5.28. The number of hydrogen-bond acceptors (Lipinski definition) is 7. The highest BCUT2D eigenvalue weighted by atomic mass is 32.2. The van der Waals surface area contributed by atoms with Crippen molar-refractivity contribution in [3.63, 3.8) is 0 Å². The smallest absolute Gasteiger partial charge is 0.211 e. The number of rotatable bonds is 6. The minimum Gasteiger partial charge on any atom is -0.367 e. The maximum atomic E-state index is 11.9. The lowest BCUT2D eigenvalue weighted by Crippen LogP contribution is -2.42. The van der Waals surface area contributed by atoms with E-state index in [-0.39, 0.29) is 6.04 Å². The Labute approximate surface area is 211 Å². The van der Waals surface area contributed by atoms with Crippen LogP contribution in [0.15, 0.2) is 61.2 Å². The van der Waals surface area contributed by atoms with Crippen molar-refractivity contribution in [1.29, 1.82) is 0 Å². The first-order valence-electron chi connectivity index (χ1n) is 11.9. The van der Waals surface area contributed by atoms with E-state index < -0.39 is 10.0 Å². The Morgan fingerprint density at radius 1 is 0.944 bits per heavy atom. The molecule has 0 saturated carbocycles. The molecule has 0 amide bonds. The van der Waals surface area contributed by atoms with Gasteiger partial charge in [0.1, 0.15) is 5.82 Å². The van der Waals surface area contributed by atoms with E-state index in [1.807, 2.05) is 69.1 Å². The van der Waals surface area contributed by atoms with Crippen molar-refractivity contribution in [2.24, 2.45) is 7.05 Å². The van der Waals surface area contributed by atoms with Crippen LogP contribution in [0.4, 0.5) is 5.82 Å². The number of sulfonamides is 1. The van der Waals surface area contributed by atoms with Crippen molar-refractivity contribution in [3.05, 3.63) is 66.9 Å². The molecule has 36 heavy (non-hydrogen) atoms. The predicted molar refractivity (Wildman–Crippen MR) is 141 cm³/mol. The van der Waals surface area contributed by atoms with Crippen LogP contribution >= 0.6 is 0 Å². The second kappa shape index (κ2) is 9.79. The lowest BCUT2D eigenvalue weighted by Gasteiger charge is -2.31. The molecular formula is C26H29N7O2S. The molecule has 10 heteroatoms. The molecule has 0 unspecified atom stereocenters. The van der Waals surface area contributed by atoms with Crippen LogP contribution in [0.25, 0.3) is 33.6 Å². The standard InChI is InChI=1S/C26H29N7O2S/c1-18-7-8-21(14-27-18)24-16-28-25(20-6-4-5-19(13-20)22-15-29-32(2)17-22)31-26(24)30-23-9-11-33(12-10-23)36(3,34)35/h4-8,13-17,23H,9-12H2,1-3H3,(H,28,30,31). The van der Waals surface area contributed by atoms with Gasteiger partial charge in [-0.3, -0.25) is 9.67 Å². The van der Waals surface area contributed by atoms with Crippen LogP contribution < -0.4 is 5.32 Å². The quantitative estimate of drug-likeness (QED) is 0.427. The molecule has 0 spiro atoms. The molecule has 1 saturated heterocycles. The van der Waals surface area contributed by atoms with E-state index in [1.54, 1.807) is 4.68 Å². The van der Waals surface area contributed by atoms with E-state index in [0.717, 1.165) is 39.3 Å². The van der Waals surface area contributed by atoms with Gasteiger partial charge in [0.15, 0.2) is 5.82 Å². The largest absolute Gasteiger partial charge is 0.367 e. The van der Waals surface area contributed by atoms with E-state index in [2.05, 4.69) is 21.5 Å². The van der Waals surface area contributed by atoms with Crippen LogP contribution in [0.3, 0.4) is 0 Å². The number of nitrogens with one attached hydrogen (secondary N) is 1. The van der Waals surface area contributed by atoms with E-state index in [1.165, 1.54) is 10.6 Å². The van der Waals surface area contributed by atoms with Crippen molar-refractivity contribution >= 4 is 15.8 Å². The molecule has 1 aliphatic rings. The Morgan fingerprint density at radius 3 is 2.39 bits per heavy atom. The molecule has 1 N–H and O–H groups in total. The maximum absolute atomic E-state index is 11.9. The lowest BCUT2D eigenvalue weighted by atomic mass is 10.0. The van der Waals surface area contributed by atoms with Crippen molar-refractivity contribution in [2.75, 3.05) is 24.7 Å². The number of nitrogens with zero attached hydrogens (tertiary/aromatic N) is 6. The van der Waals surface area contributed by atoms with Gasteiger partial charge in [0, 0.05) is 72.7 Å². The zero-order valence-electron chi connectivity index (χ0n) is 20.6. The molecule has 186 valence electrons. The van der Waals surface area contributed by atoms with Crippen LogP contribution in [0.1, 0.15) is 18.5 Å². The third kappa shape index (κ3) is 5.29. The van der Waals surface area contributed by atoms with Crippen molar-refractivity contribution in [2.45, 2.75) is 25.8 Å². The molecular weight excluding hydrogens is 474 g/mol. The van der Waals surface area contributed by atoms with Crippen LogP contribution in [0.5, 0.6) is 0 Å². The van der Waals surface area contributed by atoms with Gasteiger partial charge < -0.3 is 5.32 Å². The average molecular weight is 504 g/mol. The Hall–Kier alpha value is -3.63. The minimum absolute atomic E-state index is 0.102. The Kier molecular flexibility index (Phi) is 6.55. The Morgan fingerprint density at radius 2 is 1.72 bits per heavy atom. The van der Waals surface area contributed by atoms with Gasteiger partial charge >= 0.3 is 0 Å². The summed E-state index contributed by atoms with van der Waals surface area (Å²) < 4.78 is 27.2. The van der Waals surface area contributed by atoms with Gasteiger partial charge in [-0.25, -0.2) is 22.7 Å². The molecule has 1 aliphatic heterocycles. The highest BCUT2D eigenvalue weighted by Crippen LogP contribution is 2.31. The van der Waals surface area contributed by atoms with Gasteiger partial charge in [-0.05, 0) is 37.5 Å². The number of aryl methyl sites for hydroxylation is 2. The topological polar surface area (TPSA) is 106 Å². The molecule has 9 nitrogen and oxygen atoms in total. The summed E-state index contributed by atoms with van der Waals surface area (Å²) in [5.74, 6) is 1.33. The molecule has 1 fully saturated rings. The van der Waals surface area contributed by atoms with Gasteiger partial charge in [0.2, 0.25) is 10.0 Å². The van der Waals surface area contributed by atoms with E-state index in [0.29, 0.717) is 31.8 Å². The van der Waals surface area contributed by atoms with Crippen LogP contribution in [-0.2, 0) is 17.1 Å². The minimum atomic E-state index is -3.18. The number of hydrogen-bond donors (Lipinski definition) is 1. The van der Waals surface area contributed by atoms with Gasteiger partial charge in [0.25, 0.3) is 0 Å². The highest BCUT2D eigenvalue weighted by molar-refractivity contribution is 7.88. The third-order valence-corrected chi connectivity index (χ3v) is 7.74. The molecule has 4 heterocycles. The summed E-state index contributed by atoms with van der Waals surface area (Å²) in [5.41, 5.74) is 5.69. The zero-order valence-corrected chi connectivity index (χ0v) is 21.4. The van der Waals surface area contributed by atoms with Crippen LogP contribution in [0, 0.1) is 6.92 Å².